The molecule has 0 unspecified atom stereocenters. The fraction of sp³-hybridized carbons (Fsp3) is 0.375. The van der Waals surface area contributed by atoms with Crippen molar-refractivity contribution in [2.24, 2.45) is 0 Å². The number of sulfonamides is 1. The molecular formula is C32H36FN3O6S. The number of halogens is 1. The van der Waals surface area contributed by atoms with Gasteiger partial charge in [0.05, 0.1) is 10.6 Å². The minimum Gasteiger partial charge on any atom is -0.486 e. The Labute approximate surface area is 251 Å². The fourth-order valence-electron chi connectivity index (χ4n) is 5.38. The molecule has 2 aliphatic rings. The van der Waals surface area contributed by atoms with Gasteiger partial charge in [-0.05, 0) is 61.7 Å². The molecule has 0 bridgehead atoms. The largest absolute Gasteiger partial charge is 0.486 e. The van der Waals surface area contributed by atoms with Crippen molar-refractivity contribution in [3.8, 4) is 11.5 Å². The van der Waals surface area contributed by atoms with Crippen LogP contribution in [0.5, 0.6) is 11.5 Å². The van der Waals surface area contributed by atoms with E-state index in [0.717, 1.165) is 54.1 Å². The molecule has 0 radical (unpaired) electrons. The maximum atomic E-state index is 14.1. The van der Waals surface area contributed by atoms with E-state index in [0.29, 0.717) is 12.4 Å². The molecule has 3 aromatic carbocycles. The molecular weight excluding hydrogens is 573 g/mol. The van der Waals surface area contributed by atoms with Crippen LogP contribution < -0.4 is 19.1 Å². The van der Waals surface area contributed by atoms with Crippen LogP contribution in [0.4, 0.5) is 10.1 Å². The van der Waals surface area contributed by atoms with Gasteiger partial charge in [-0.2, -0.15) is 0 Å². The van der Waals surface area contributed by atoms with Crippen molar-refractivity contribution in [1.82, 2.24) is 10.2 Å². The Morgan fingerprint density at radius 2 is 1.60 bits per heavy atom. The first-order chi connectivity index (χ1) is 20.7. The molecule has 1 saturated carbocycles. The molecule has 0 spiro atoms. The van der Waals surface area contributed by atoms with Crippen LogP contribution >= 0.6 is 0 Å². The number of hydrogen-bond donors (Lipinski definition) is 1. The third kappa shape index (κ3) is 7.27. The predicted octanol–water partition coefficient (Wildman–Crippen LogP) is 4.66. The van der Waals surface area contributed by atoms with Gasteiger partial charge in [0, 0.05) is 18.7 Å². The van der Waals surface area contributed by atoms with Crippen LogP contribution in [-0.2, 0) is 26.2 Å². The quantitative estimate of drug-likeness (QED) is 0.359. The number of ether oxygens (including phenoxy) is 2. The van der Waals surface area contributed by atoms with E-state index in [1.54, 1.807) is 6.92 Å². The van der Waals surface area contributed by atoms with Gasteiger partial charge in [0.15, 0.2) is 11.5 Å². The highest BCUT2D eigenvalue weighted by molar-refractivity contribution is 7.92. The lowest BCUT2D eigenvalue weighted by Gasteiger charge is -2.33. The van der Waals surface area contributed by atoms with E-state index in [1.165, 1.54) is 35.2 Å². The highest BCUT2D eigenvalue weighted by atomic mass is 32.2. The van der Waals surface area contributed by atoms with Crippen LogP contribution in [0.15, 0.2) is 77.7 Å². The average molecular weight is 610 g/mol. The molecule has 228 valence electrons. The molecule has 1 N–H and O–H groups in total. The number of anilines is 1. The monoisotopic (exact) mass is 609 g/mol. The number of carbonyl (C=O) groups is 2. The minimum atomic E-state index is -4.34. The molecule has 43 heavy (non-hydrogen) atoms. The number of benzene rings is 3. The summed E-state index contributed by atoms with van der Waals surface area (Å²) in [5.41, 5.74) is 0.889. The van der Waals surface area contributed by atoms with E-state index in [2.05, 4.69) is 5.32 Å². The maximum Gasteiger partial charge on any atom is 0.264 e. The summed E-state index contributed by atoms with van der Waals surface area (Å²) in [6.45, 7) is 1.75. The lowest BCUT2D eigenvalue weighted by molar-refractivity contribution is -0.139. The molecule has 3 aromatic rings. The number of rotatable bonds is 10. The molecule has 1 fully saturated rings. The Balaban J connectivity index is 1.46. The van der Waals surface area contributed by atoms with Gasteiger partial charge >= 0.3 is 0 Å². The molecule has 2 amide bonds. The van der Waals surface area contributed by atoms with Crippen molar-refractivity contribution < 1.29 is 31.9 Å². The number of amides is 2. The fourth-order valence-corrected chi connectivity index (χ4v) is 6.81. The molecule has 9 nitrogen and oxygen atoms in total. The Bertz CT molecular complexity index is 1530. The standard InChI is InChI=1S/C32H36FN3O6S/c1-23(32(38)34-26-10-6-3-7-11-26)35(21-24-8-4-2-5-9-24)31(37)22-36(27-14-12-25(33)13-15-27)43(39,40)28-16-17-29-30(20-28)42-19-18-41-29/h2,4-5,8-9,12-17,20,23,26H,3,6-7,10-11,18-19,21-22H2,1H3,(H,34,38)/t23-/m1/s1. The lowest BCUT2D eigenvalue weighted by Crippen LogP contribution is -2.53. The van der Waals surface area contributed by atoms with Crippen LogP contribution in [0.3, 0.4) is 0 Å². The highest BCUT2D eigenvalue weighted by Crippen LogP contribution is 2.34. The van der Waals surface area contributed by atoms with Crippen LogP contribution in [0.25, 0.3) is 0 Å². The third-order valence-electron chi connectivity index (χ3n) is 7.81. The van der Waals surface area contributed by atoms with Gasteiger partial charge in [0.2, 0.25) is 11.8 Å². The zero-order chi connectivity index (χ0) is 30.4. The second kappa shape index (κ2) is 13.5. The summed E-state index contributed by atoms with van der Waals surface area (Å²) in [4.78, 5) is 28.7. The third-order valence-corrected chi connectivity index (χ3v) is 9.58. The van der Waals surface area contributed by atoms with Gasteiger partial charge in [-0.25, -0.2) is 12.8 Å². The van der Waals surface area contributed by atoms with Gasteiger partial charge in [0.25, 0.3) is 10.0 Å². The number of hydrogen-bond acceptors (Lipinski definition) is 6. The van der Waals surface area contributed by atoms with Crippen molar-refractivity contribution in [2.75, 3.05) is 24.1 Å². The van der Waals surface area contributed by atoms with Gasteiger partial charge in [-0.15, -0.1) is 0 Å². The zero-order valence-corrected chi connectivity index (χ0v) is 24.9. The van der Waals surface area contributed by atoms with Gasteiger partial charge < -0.3 is 19.7 Å². The molecule has 1 heterocycles. The second-order valence-electron chi connectivity index (χ2n) is 10.8. The SMILES string of the molecule is C[C@H](C(=O)NC1CCCCC1)N(Cc1ccccc1)C(=O)CN(c1ccc(F)cc1)S(=O)(=O)c1ccc2c(c1)OCCO2. The van der Waals surface area contributed by atoms with Gasteiger partial charge in [0.1, 0.15) is 31.6 Å². The van der Waals surface area contributed by atoms with E-state index in [1.807, 2.05) is 30.3 Å². The summed E-state index contributed by atoms with van der Waals surface area (Å²) in [5.74, 6) is -0.733. The predicted molar refractivity (Wildman–Crippen MR) is 160 cm³/mol. The van der Waals surface area contributed by atoms with Crippen LogP contribution in [0, 0.1) is 5.82 Å². The van der Waals surface area contributed by atoms with Crippen molar-refractivity contribution in [3.63, 3.8) is 0 Å². The van der Waals surface area contributed by atoms with E-state index in [9.17, 15) is 22.4 Å². The number of fused-ring (bicyclic) bond motifs is 1. The highest BCUT2D eigenvalue weighted by Gasteiger charge is 2.34. The van der Waals surface area contributed by atoms with Crippen LogP contribution in [-0.4, -0.2) is 57.0 Å². The summed E-state index contributed by atoms with van der Waals surface area (Å²) in [6.07, 6.45) is 4.98. The molecule has 1 aliphatic heterocycles. The van der Waals surface area contributed by atoms with Gasteiger partial charge in [-0.1, -0.05) is 49.6 Å². The second-order valence-corrected chi connectivity index (χ2v) is 12.7. The first kappa shape index (κ1) is 30.3. The van der Waals surface area contributed by atoms with Crippen LogP contribution in [0.1, 0.15) is 44.6 Å². The summed E-state index contributed by atoms with van der Waals surface area (Å²) < 4.78 is 54.1. The molecule has 1 atom stereocenters. The van der Waals surface area contributed by atoms with Crippen LogP contribution in [0.2, 0.25) is 0 Å². The summed E-state index contributed by atoms with van der Waals surface area (Å²) in [5, 5.41) is 3.08. The smallest absolute Gasteiger partial charge is 0.264 e. The Morgan fingerprint density at radius 3 is 2.30 bits per heavy atom. The number of carbonyl (C=O) groups excluding carboxylic acids is 2. The maximum absolute atomic E-state index is 14.1. The molecule has 0 aromatic heterocycles. The summed E-state index contributed by atoms with van der Waals surface area (Å²) in [6, 6.07) is 17.5. The Hall–Kier alpha value is -4.12. The average Bonchev–Trinajstić information content (AvgIpc) is 3.03. The first-order valence-corrected chi connectivity index (χ1v) is 16.0. The Morgan fingerprint density at radius 1 is 0.930 bits per heavy atom. The van der Waals surface area contributed by atoms with Crippen molar-refractivity contribution in [3.05, 3.63) is 84.2 Å². The molecule has 11 heteroatoms. The molecule has 1 aliphatic carbocycles. The number of nitrogens with zero attached hydrogens (tertiary/aromatic N) is 2. The van der Waals surface area contributed by atoms with Gasteiger partial charge in [-0.3, -0.25) is 13.9 Å². The lowest BCUT2D eigenvalue weighted by atomic mass is 9.95. The normalized spacial score (nSPS) is 15.8. The van der Waals surface area contributed by atoms with E-state index >= 15 is 0 Å². The van der Waals surface area contributed by atoms with Crippen molar-refractivity contribution in [1.29, 1.82) is 0 Å². The Kier molecular flexibility index (Phi) is 9.49. The van der Waals surface area contributed by atoms with E-state index in [-0.39, 0.29) is 41.4 Å². The van der Waals surface area contributed by atoms with E-state index < -0.39 is 34.3 Å². The molecule has 0 saturated heterocycles. The zero-order valence-electron chi connectivity index (χ0n) is 24.1. The van der Waals surface area contributed by atoms with Crippen molar-refractivity contribution in [2.45, 2.75) is 62.6 Å². The summed E-state index contributed by atoms with van der Waals surface area (Å²) in [7, 11) is -4.34. The molecule has 5 rings (SSSR count). The summed E-state index contributed by atoms with van der Waals surface area (Å²) >= 11 is 0. The minimum absolute atomic E-state index is 0.0451. The topological polar surface area (TPSA) is 105 Å². The van der Waals surface area contributed by atoms with Crippen molar-refractivity contribution >= 4 is 27.5 Å². The first-order valence-electron chi connectivity index (χ1n) is 14.5. The van der Waals surface area contributed by atoms with E-state index in [4.69, 9.17) is 9.47 Å². The number of nitrogens with one attached hydrogen (secondary N) is 1.